The van der Waals surface area contributed by atoms with Gasteiger partial charge in [-0.3, -0.25) is 4.79 Å². The van der Waals surface area contributed by atoms with Gasteiger partial charge in [0.25, 0.3) is 0 Å². The summed E-state index contributed by atoms with van der Waals surface area (Å²) in [5.41, 5.74) is 0.0840. The number of carbonyl (C=O) groups is 2. The molecule has 0 bridgehead atoms. The van der Waals surface area contributed by atoms with Crippen molar-refractivity contribution < 1.29 is 23.8 Å². The second-order valence-corrected chi connectivity index (χ2v) is 11.9. The van der Waals surface area contributed by atoms with E-state index in [0.29, 0.717) is 23.9 Å². The number of fused-ring (bicyclic) bond motifs is 5. The van der Waals surface area contributed by atoms with E-state index in [9.17, 15) is 9.59 Å². The lowest BCUT2D eigenvalue weighted by Crippen LogP contribution is -2.57. The maximum absolute atomic E-state index is 12.3. The van der Waals surface area contributed by atoms with E-state index in [2.05, 4.69) is 13.8 Å². The molecule has 5 heteroatoms. The molecule has 5 nitrogen and oxygen atoms in total. The van der Waals surface area contributed by atoms with E-state index in [0.717, 1.165) is 56.1 Å². The highest BCUT2D eigenvalue weighted by Gasteiger charge is 2.62. The summed E-state index contributed by atoms with van der Waals surface area (Å²) in [5.74, 6) is 3.17. The second kappa shape index (κ2) is 7.77. The number of carbonyl (C=O) groups excluding carboxylic acids is 2. The molecule has 0 N–H and O–H groups in total. The van der Waals surface area contributed by atoms with Crippen LogP contribution >= 0.6 is 0 Å². The van der Waals surface area contributed by atoms with Crippen molar-refractivity contribution in [1.29, 1.82) is 0 Å². The number of hydrogen-bond acceptors (Lipinski definition) is 5. The molecule has 32 heavy (non-hydrogen) atoms. The molecule has 4 aliphatic carbocycles. The Morgan fingerprint density at radius 2 is 1.84 bits per heavy atom. The summed E-state index contributed by atoms with van der Waals surface area (Å²) in [6.45, 7) is 9.04. The summed E-state index contributed by atoms with van der Waals surface area (Å²) < 4.78 is 17.6. The Bertz CT molecular complexity index is 819. The standard InChI is InChI=1S/C27H40O5/c1-5-30-19-14-24(29)32-27(16-19)13-12-25(3)18(15-27)6-7-20-21-8-9-23(31-17(2)28)26(21,4)11-10-22(20)25/h14,18,20-23H,5-13,15-16H2,1-4H3. The lowest BCUT2D eigenvalue weighted by molar-refractivity contribution is -0.187. The SMILES string of the molecule is CCOC1=CC(=O)OC2(CCC3(C)C(CCC4C3CCC3(C)C(OC(C)=O)CCC43)C2)C1. The predicted molar refractivity (Wildman–Crippen MR) is 120 cm³/mol. The highest BCUT2D eigenvalue weighted by atomic mass is 16.6. The number of hydrogen-bond donors (Lipinski definition) is 0. The molecule has 1 spiro atoms. The van der Waals surface area contributed by atoms with Crippen LogP contribution in [0.3, 0.4) is 0 Å². The molecule has 8 unspecified atom stereocenters. The van der Waals surface area contributed by atoms with Crippen LogP contribution in [0.25, 0.3) is 0 Å². The summed E-state index contributed by atoms with van der Waals surface area (Å²) in [6.07, 6.45) is 12.5. The molecule has 0 amide bonds. The van der Waals surface area contributed by atoms with Gasteiger partial charge in [0.2, 0.25) is 0 Å². The minimum Gasteiger partial charge on any atom is -0.498 e. The van der Waals surface area contributed by atoms with Gasteiger partial charge in [0, 0.05) is 18.8 Å². The molecule has 0 saturated heterocycles. The Labute approximate surface area is 192 Å². The first-order valence-corrected chi connectivity index (χ1v) is 12.9. The summed E-state index contributed by atoms with van der Waals surface area (Å²) >= 11 is 0. The zero-order chi connectivity index (χ0) is 22.7. The summed E-state index contributed by atoms with van der Waals surface area (Å²) in [6, 6.07) is 0. The third kappa shape index (κ3) is 3.40. The van der Waals surface area contributed by atoms with Crippen LogP contribution in [0.4, 0.5) is 0 Å². The van der Waals surface area contributed by atoms with Gasteiger partial charge in [-0.05, 0) is 93.8 Å². The van der Waals surface area contributed by atoms with Gasteiger partial charge in [-0.25, -0.2) is 4.79 Å². The molecule has 1 heterocycles. The smallest absolute Gasteiger partial charge is 0.334 e. The van der Waals surface area contributed by atoms with Crippen molar-refractivity contribution in [1.82, 2.24) is 0 Å². The molecule has 4 saturated carbocycles. The molecule has 4 fully saturated rings. The minimum absolute atomic E-state index is 0.0940. The Balaban J connectivity index is 1.34. The Hall–Kier alpha value is -1.52. The van der Waals surface area contributed by atoms with Crippen LogP contribution in [0.1, 0.15) is 91.9 Å². The van der Waals surface area contributed by atoms with E-state index >= 15 is 0 Å². The fourth-order valence-electron chi connectivity index (χ4n) is 8.96. The summed E-state index contributed by atoms with van der Waals surface area (Å²) in [4.78, 5) is 24.0. The third-order valence-corrected chi connectivity index (χ3v) is 10.4. The van der Waals surface area contributed by atoms with Gasteiger partial charge in [-0.15, -0.1) is 0 Å². The maximum Gasteiger partial charge on any atom is 0.334 e. The minimum atomic E-state index is -0.371. The zero-order valence-corrected chi connectivity index (χ0v) is 20.3. The number of ether oxygens (including phenoxy) is 3. The molecule has 5 aliphatic rings. The van der Waals surface area contributed by atoms with Crippen molar-refractivity contribution in [2.45, 2.75) is 104 Å². The van der Waals surface area contributed by atoms with Crippen LogP contribution in [0.15, 0.2) is 11.8 Å². The van der Waals surface area contributed by atoms with E-state index in [1.165, 1.54) is 25.7 Å². The van der Waals surface area contributed by atoms with Gasteiger partial charge in [-0.2, -0.15) is 0 Å². The van der Waals surface area contributed by atoms with Crippen molar-refractivity contribution in [2.75, 3.05) is 6.61 Å². The quantitative estimate of drug-likeness (QED) is 0.533. The first-order valence-electron chi connectivity index (χ1n) is 12.9. The average Bonchev–Trinajstić information content (AvgIpc) is 3.04. The Kier molecular flexibility index (Phi) is 5.41. The van der Waals surface area contributed by atoms with Gasteiger partial charge in [0.15, 0.2) is 0 Å². The highest BCUT2D eigenvalue weighted by Crippen LogP contribution is 2.67. The summed E-state index contributed by atoms with van der Waals surface area (Å²) in [7, 11) is 0. The van der Waals surface area contributed by atoms with E-state index in [-0.39, 0.29) is 29.1 Å². The van der Waals surface area contributed by atoms with Gasteiger partial charge < -0.3 is 14.2 Å². The van der Waals surface area contributed by atoms with Crippen LogP contribution in [0.2, 0.25) is 0 Å². The topological polar surface area (TPSA) is 61.8 Å². The molecule has 0 aromatic heterocycles. The van der Waals surface area contributed by atoms with Crippen molar-refractivity contribution in [3.8, 4) is 0 Å². The molecular weight excluding hydrogens is 404 g/mol. The van der Waals surface area contributed by atoms with Crippen LogP contribution in [-0.4, -0.2) is 30.3 Å². The number of rotatable bonds is 3. The van der Waals surface area contributed by atoms with E-state index in [1.54, 1.807) is 13.0 Å². The lowest BCUT2D eigenvalue weighted by Gasteiger charge is -2.62. The molecule has 178 valence electrons. The van der Waals surface area contributed by atoms with E-state index in [1.807, 2.05) is 6.92 Å². The molecule has 0 aromatic rings. The summed E-state index contributed by atoms with van der Waals surface area (Å²) in [5, 5.41) is 0. The van der Waals surface area contributed by atoms with Crippen LogP contribution in [0.5, 0.6) is 0 Å². The Morgan fingerprint density at radius 3 is 2.59 bits per heavy atom. The molecule has 0 radical (unpaired) electrons. The van der Waals surface area contributed by atoms with Crippen molar-refractivity contribution in [3.63, 3.8) is 0 Å². The van der Waals surface area contributed by atoms with Gasteiger partial charge >= 0.3 is 11.9 Å². The van der Waals surface area contributed by atoms with Crippen molar-refractivity contribution in [3.05, 3.63) is 11.8 Å². The monoisotopic (exact) mass is 444 g/mol. The van der Waals surface area contributed by atoms with Gasteiger partial charge in [0.1, 0.15) is 17.5 Å². The van der Waals surface area contributed by atoms with Crippen LogP contribution in [0, 0.1) is 34.5 Å². The first kappa shape index (κ1) is 22.3. The van der Waals surface area contributed by atoms with Crippen LogP contribution < -0.4 is 0 Å². The Morgan fingerprint density at radius 1 is 1.06 bits per heavy atom. The van der Waals surface area contributed by atoms with E-state index < -0.39 is 0 Å². The normalized spacial score (nSPS) is 47.6. The first-order chi connectivity index (χ1) is 15.2. The fourth-order valence-corrected chi connectivity index (χ4v) is 8.96. The third-order valence-electron chi connectivity index (χ3n) is 10.4. The molecule has 5 rings (SSSR count). The molecule has 1 aliphatic heterocycles. The van der Waals surface area contributed by atoms with Crippen molar-refractivity contribution >= 4 is 11.9 Å². The van der Waals surface area contributed by atoms with Crippen molar-refractivity contribution in [2.24, 2.45) is 34.5 Å². The van der Waals surface area contributed by atoms with E-state index in [4.69, 9.17) is 14.2 Å². The molecular formula is C27H40O5. The van der Waals surface area contributed by atoms with Gasteiger partial charge in [0.05, 0.1) is 12.7 Å². The predicted octanol–water partition coefficient (Wildman–Crippen LogP) is 5.57. The van der Waals surface area contributed by atoms with Crippen LogP contribution in [-0.2, 0) is 23.8 Å². The lowest BCUT2D eigenvalue weighted by atomic mass is 9.44. The maximum atomic E-state index is 12.3. The highest BCUT2D eigenvalue weighted by molar-refractivity contribution is 5.83. The molecule has 8 atom stereocenters. The van der Waals surface area contributed by atoms with Gasteiger partial charge in [-0.1, -0.05) is 13.8 Å². The fraction of sp³-hybridized carbons (Fsp3) is 0.852. The number of esters is 2. The average molecular weight is 445 g/mol. The molecule has 0 aromatic carbocycles. The second-order valence-electron chi connectivity index (χ2n) is 11.9. The zero-order valence-electron chi connectivity index (χ0n) is 20.3. The largest absolute Gasteiger partial charge is 0.498 e.